The van der Waals surface area contributed by atoms with E-state index in [-0.39, 0.29) is 12.1 Å². The Morgan fingerprint density at radius 2 is 1.30 bits per heavy atom. The number of ether oxygens (including phenoxy) is 4. The minimum absolute atomic E-state index is 0.135. The second-order valence-corrected chi connectivity index (χ2v) is 13.2. The number of pyridine rings is 2. The van der Waals surface area contributed by atoms with Gasteiger partial charge in [-0.25, -0.2) is 24.2 Å². The lowest BCUT2D eigenvalue weighted by molar-refractivity contribution is -0.143. The summed E-state index contributed by atoms with van der Waals surface area (Å²) >= 11 is 5.22. The molecule has 0 aliphatic carbocycles. The van der Waals surface area contributed by atoms with Crippen molar-refractivity contribution in [2.75, 3.05) is 18.6 Å². The summed E-state index contributed by atoms with van der Waals surface area (Å²) in [6, 6.07) is 4.13. The Morgan fingerprint density at radius 3 is 1.64 bits per heavy atom. The maximum atomic E-state index is 12.5. The van der Waals surface area contributed by atoms with E-state index in [4.69, 9.17) is 9.47 Å². The van der Waals surface area contributed by atoms with E-state index in [0.717, 1.165) is 23.8 Å². The van der Waals surface area contributed by atoms with E-state index in [1.54, 1.807) is 41.5 Å². The first-order chi connectivity index (χ1) is 21.5. The number of nitrogens with zero attached hydrogens (tertiary/aromatic N) is 2. The number of hydrogen-bond acceptors (Lipinski definition) is 10. The number of nitrogens with one attached hydrogen (secondary N) is 2. The summed E-state index contributed by atoms with van der Waals surface area (Å²) in [4.78, 5) is 53.6. The molecule has 0 aromatic carbocycles. The molecule has 0 radical (unpaired) electrons. The summed E-state index contributed by atoms with van der Waals surface area (Å²) in [6.07, 6.45) is -3.60. The quantitative estimate of drug-likeness (QED) is 0.106. The van der Waals surface area contributed by atoms with Gasteiger partial charge < -0.3 is 29.6 Å². The smallest absolute Gasteiger partial charge is 0.417 e. The summed E-state index contributed by atoms with van der Waals surface area (Å²) in [5, 5.41) is 4.75. The zero-order chi connectivity index (χ0) is 36.6. The van der Waals surface area contributed by atoms with Crippen molar-refractivity contribution in [2.45, 2.75) is 84.3 Å². The van der Waals surface area contributed by atoms with Crippen molar-refractivity contribution >= 4 is 62.6 Å². The molecule has 2 aromatic heterocycles. The maximum absolute atomic E-state index is 12.5. The molecule has 2 rings (SSSR count). The Balaban J connectivity index is 0.000000776. The lowest BCUT2D eigenvalue weighted by Crippen LogP contribution is -2.45. The van der Waals surface area contributed by atoms with Crippen molar-refractivity contribution in [1.29, 1.82) is 0 Å². The molecular formula is C30H41BrF3IN4O8. The van der Waals surface area contributed by atoms with E-state index in [1.165, 1.54) is 12.7 Å². The first kappa shape index (κ1) is 43.8. The summed E-state index contributed by atoms with van der Waals surface area (Å²) in [6.45, 7) is 12.2. The van der Waals surface area contributed by atoms with E-state index < -0.39 is 59.2 Å². The molecule has 0 spiro atoms. The zero-order valence-electron chi connectivity index (χ0n) is 27.6. The second-order valence-electron chi connectivity index (χ2n) is 11.5. The van der Waals surface area contributed by atoms with E-state index in [0.29, 0.717) is 10.6 Å². The molecule has 2 atom stereocenters. The number of amides is 2. The molecule has 0 unspecified atom stereocenters. The second kappa shape index (κ2) is 20.2. The molecule has 2 amide bonds. The van der Waals surface area contributed by atoms with Gasteiger partial charge in [-0.3, -0.25) is 4.98 Å². The van der Waals surface area contributed by atoms with Crippen molar-refractivity contribution in [3.8, 4) is 0 Å². The number of methoxy groups -OCH3 is 2. The molecule has 264 valence electrons. The Hall–Kier alpha value is -3.22. The largest absolute Gasteiger partial charge is 0.467 e. The summed E-state index contributed by atoms with van der Waals surface area (Å²) in [5.74, 6) is -1.24. The van der Waals surface area contributed by atoms with Crippen molar-refractivity contribution in [3.05, 3.63) is 58.1 Å². The van der Waals surface area contributed by atoms with Crippen molar-refractivity contribution in [2.24, 2.45) is 0 Å². The number of rotatable bonds is 7. The fourth-order valence-corrected chi connectivity index (χ4v) is 3.72. The van der Waals surface area contributed by atoms with Crippen LogP contribution in [-0.2, 0) is 41.1 Å². The van der Waals surface area contributed by atoms with Crippen LogP contribution >= 0.6 is 38.5 Å². The minimum atomic E-state index is -4.50. The fourth-order valence-electron chi connectivity index (χ4n) is 2.91. The number of aromatic nitrogens is 2. The third kappa shape index (κ3) is 20.6. The van der Waals surface area contributed by atoms with Gasteiger partial charge in [0.25, 0.3) is 0 Å². The van der Waals surface area contributed by atoms with E-state index in [9.17, 15) is 32.3 Å². The molecule has 2 N–H and O–H groups in total. The highest BCUT2D eigenvalue weighted by Gasteiger charge is 2.31. The number of carbonyl (C=O) groups is 4. The number of alkyl halides is 4. The molecular weight excluding hydrogens is 808 g/mol. The lowest BCUT2D eigenvalue weighted by atomic mass is 10.1. The zero-order valence-corrected chi connectivity index (χ0v) is 31.3. The maximum Gasteiger partial charge on any atom is 0.417 e. The predicted molar refractivity (Wildman–Crippen MR) is 179 cm³/mol. The average Bonchev–Trinajstić information content (AvgIpc) is 2.95. The van der Waals surface area contributed by atoms with Gasteiger partial charge in [0.2, 0.25) is 0 Å². The summed E-state index contributed by atoms with van der Waals surface area (Å²) in [5.41, 5.74) is -0.864. The molecule has 0 bridgehead atoms. The highest BCUT2D eigenvalue weighted by Crippen LogP contribution is 2.28. The lowest BCUT2D eigenvalue weighted by Gasteiger charge is -2.22. The first-order valence-electron chi connectivity index (χ1n) is 13.8. The number of carbonyl (C=O) groups excluding carboxylic acids is 4. The first-order valence-corrected chi connectivity index (χ1v) is 16.1. The molecule has 12 nitrogen and oxygen atoms in total. The van der Waals surface area contributed by atoms with Crippen molar-refractivity contribution in [1.82, 2.24) is 20.6 Å². The molecule has 2 heterocycles. The van der Waals surface area contributed by atoms with E-state index in [1.807, 2.05) is 47.8 Å². The molecule has 0 aliphatic rings. The molecule has 2 aromatic rings. The van der Waals surface area contributed by atoms with Gasteiger partial charge in [-0.05, 0) is 88.2 Å². The van der Waals surface area contributed by atoms with Gasteiger partial charge in [0, 0.05) is 28.9 Å². The van der Waals surface area contributed by atoms with Gasteiger partial charge in [-0.1, -0.05) is 28.7 Å². The third-order valence-electron chi connectivity index (χ3n) is 4.95. The van der Waals surface area contributed by atoms with Crippen LogP contribution in [0.5, 0.6) is 0 Å². The van der Waals surface area contributed by atoms with Crippen LogP contribution in [-0.4, -0.2) is 76.0 Å². The topological polar surface area (TPSA) is 155 Å². The Morgan fingerprint density at radius 1 is 0.809 bits per heavy atom. The highest BCUT2D eigenvalue weighted by molar-refractivity contribution is 14.1. The van der Waals surface area contributed by atoms with Crippen LogP contribution in [0, 0.1) is 6.92 Å². The summed E-state index contributed by atoms with van der Waals surface area (Å²) < 4.78 is 58.0. The van der Waals surface area contributed by atoms with Crippen molar-refractivity contribution < 1.29 is 51.3 Å². The van der Waals surface area contributed by atoms with Crippen LogP contribution in [0.25, 0.3) is 0 Å². The van der Waals surface area contributed by atoms with Gasteiger partial charge in [0.1, 0.15) is 27.9 Å². The Bertz CT molecular complexity index is 1270. The molecule has 17 heteroatoms. The Labute approximate surface area is 294 Å². The molecule has 0 saturated carbocycles. The highest BCUT2D eigenvalue weighted by atomic mass is 127. The molecule has 0 fully saturated rings. The van der Waals surface area contributed by atoms with Crippen LogP contribution < -0.4 is 10.6 Å². The van der Waals surface area contributed by atoms with Gasteiger partial charge >= 0.3 is 30.3 Å². The standard InChI is InChI=1S/C15H19F3N2O4.C9H16INO4.C6H6BrN/c1-14(2,3)24-13(22)20-11(12(21)23-4)7-10-6-5-9(8-19-10)15(16,17)18;1-9(2,3)15-8(13)11-6(5-10)7(12)14-4;1-5-2-3-6(7)8-4-5/h5-6,8,11H,7H2,1-4H3,(H,20,22);6H,5H2,1-4H3,(H,11,13);2-4H,1H3/t11-;6-;/m11./s1. The monoisotopic (exact) mass is 848 g/mol. The average molecular weight is 849 g/mol. The number of esters is 2. The van der Waals surface area contributed by atoms with Crippen LogP contribution in [0.1, 0.15) is 58.4 Å². The molecule has 0 saturated heterocycles. The van der Waals surface area contributed by atoms with Crippen LogP contribution in [0.15, 0.2) is 41.3 Å². The number of halogens is 5. The van der Waals surface area contributed by atoms with Gasteiger partial charge in [0.15, 0.2) is 0 Å². The Kier molecular flexibility index (Phi) is 18.8. The van der Waals surface area contributed by atoms with E-state index >= 15 is 0 Å². The summed E-state index contributed by atoms with van der Waals surface area (Å²) in [7, 11) is 2.41. The van der Waals surface area contributed by atoms with Gasteiger partial charge in [-0.2, -0.15) is 13.2 Å². The van der Waals surface area contributed by atoms with Crippen LogP contribution in [0.2, 0.25) is 0 Å². The molecule has 0 aliphatic heterocycles. The fraction of sp³-hybridized carbons (Fsp3) is 0.533. The number of hydrogen-bond donors (Lipinski definition) is 2. The molecule has 47 heavy (non-hydrogen) atoms. The third-order valence-corrected chi connectivity index (χ3v) is 6.30. The number of alkyl carbamates (subject to hydrolysis) is 2. The van der Waals surface area contributed by atoms with Crippen LogP contribution in [0.4, 0.5) is 22.8 Å². The van der Waals surface area contributed by atoms with Gasteiger partial charge in [-0.15, -0.1) is 0 Å². The van der Waals surface area contributed by atoms with Crippen LogP contribution in [0.3, 0.4) is 0 Å². The number of aryl methyl sites for hydroxylation is 1. The van der Waals surface area contributed by atoms with E-state index in [2.05, 4.69) is 46.0 Å². The minimum Gasteiger partial charge on any atom is -0.467 e. The van der Waals surface area contributed by atoms with Crippen molar-refractivity contribution in [3.63, 3.8) is 0 Å². The predicted octanol–water partition coefficient (Wildman–Crippen LogP) is 6.35. The normalized spacial score (nSPS) is 12.4. The SMILES string of the molecule is COC(=O)[C@@H](CI)NC(=O)OC(C)(C)C.COC(=O)[C@@H](Cc1ccc(C(F)(F)F)cn1)NC(=O)OC(C)(C)C.Cc1ccc(Br)nc1. The van der Waals surface area contributed by atoms with Gasteiger partial charge in [0.05, 0.1) is 19.8 Å².